The van der Waals surface area contributed by atoms with Gasteiger partial charge in [-0.1, -0.05) is 29.8 Å². The van der Waals surface area contributed by atoms with Gasteiger partial charge in [-0.3, -0.25) is 20.2 Å². The molecule has 2 rings (SSSR count). The molecule has 0 aliphatic rings. The van der Waals surface area contributed by atoms with Gasteiger partial charge < -0.3 is 16.8 Å². The molecule has 1 amide bonds. The number of benzene rings is 1. The Bertz CT molecular complexity index is 1220. The van der Waals surface area contributed by atoms with Gasteiger partial charge in [-0.25, -0.2) is 31.5 Å². The number of nitrogen functional groups attached to an aromatic ring is 2. The van der Waals surface area contributed by atoms with Crippen molar-refractivity contribution in [2.45, 2.75) is 0 Å². The maximum atomic E-state index is 12.1. The van der Waals surface area contributed by atoms with E-state index in [4.69, 9.17) is 28.5 Å². The lowest BCUT2D eigenvalue weighted by Crippen LogP contribution is -2.43. The molecule has 0 fully saturated rings. The highest BCUT2D eigenvalue weighted by Gasteiger charge is 2.18. The zero-order valence-electron chi connectivity index (χ0n) is 17.0. The molecule has 33 heavy (non-hydrogen) atoms. The zero-order chi connectivity index (χ0) is 24.6. The monoisotopic (exact) mass is 519 g/mol. The van der Waals surface area contributed by atoms with Crippen molar-refractivity contribution in [3.05, 3.63) is 41.2 Å². The molecule has 0 aliphatic heterocycles. The number of aromatic nitrogens is 2. The molecule has 1 heterocycles. The third-order valence-electron chi connectivity index (χ3n) is 3.77. The Morgan fingerprint density at radius 2 is 1.61 bits per heavy atom. The summed E-state index contributed by atoms with van der Waals surface area (Å²) in [4.78, 5) is 19.4. The van der Waals surface area contributed by atoms with E-state index in [1.807, 2.05) is 0 Å². The Labute approximate surface area is 195 Å². The fourth-order valence-electron chi connectivity index (χ4n) is 2.28. The largest absolute Gasteiger partial charge is 0.382 e. The fraction of sp³-hybridized carbons (Fsp3) is 0.250. The van der Waals surface area contributed by atoms with Crippen LogP contribution < -0.4 is 31.5 Å². The Hall–Kier alpha value is -3.21. The normalized spacial score (nSPS) is 11.5. The third-order valence-corrected chi connectivity index (χ3v) is 6.72. The van der Waals surface area contributed by atoms with Crippen molar-refractivity contribution in [1.29, 1.82) is 5.41 Å². The van der Waals surface area contributed by atoms with Gasteiger partial charge in [-0.2, -0.15) is 0 Å². The number of para-hydroxylation sites is 1. The van der Waals surface area contributed by atoms with Crippen LogP contribution in [-0.4, -0.2) is 63.3 Å². The molecule has 0 saturated heterocycles. The fourth-order valence-corrected chi connectivity index (χ4v) is 4.43. The molecule has 1 aromatic carbocycles. The van der Waals surface area contributed by atoms with Crippen LogP contribution >= 0.6 is 11.6 Å². The zero-order valence-corrected chi connectivity index (χ0v) is 19.4. The van der Waals surface area contributed by atoms with Crippen molar-refractivity contribution in [3.8, 4) is 0 Å². The van der Waals surface area contributed by atoms with Crippen LogP contribution in [0, 0.1) is 5.41 Å². The van der Waals surface area contributed by atoms with E-state index in [2.05, 4.69) is 30.0 Å². The average Bonchev–Trinajstić information content (AvgIpc) is 2.70. The lowest BCUT2D eigenvalue weighted by atomic mass is 10.3. The van der Waals surface area contributed by atoms with Gasteiger partial charge in [0.1, 0.15) is 0 Å². The lowest BCUT2D eigenvalue weighted by molar-refractivity contribution is 0.0971. The quantitative estimate of drug-likeness (QED) is 0.148. The molecular weight excluding hydrogens is 498 g/mol. The van der Waals surface area contributed by atoms with E-state index in [0.29, 0.717) is 5.69 Å². The summed E-state index contributed by atoms with van der Waals surface area (Å²) in [5.41, 5.74) is 11.0. The topological polar surface area (TPSA) is 235 Å². The van der Waals surface area contributed by atoms with E-state index in [1.165, 1.54) is 0 Å². The second kappa shape index (κ2) is 11.1. The van der Waals surface area contributed by atoms with Crippen molar-refractivity contribution >= 4 is 60.8 Å². The Morgan fingerprint density at radius 1 is 0.970 bits per heavy atom. The molecule has 14 nitrogen and oxygen atoms in total. The molecule has 17 heteroatoms. The van der Waals surface area contributed by atoms with Crippen molar-refractivity contribution in [2.75, 3.05) is 40.8 Å². The van der Waals surface area contributed by atoms with E-state index in [9.17, 15) is 21.6 Å². The van der Waals surface area contributed by atoms with Crippen LogP contribution in [0.15, 0.2) is 30.3 Å². The molecule has 0 atom stereocenters. The van der Waals surface area contributed by atoms with Gasteiger partial charge in [-0.15, -0.1) is 0 Å². The van der Waals surface area contributed by atoms with Gasteiger partial charge in [0.25, 0.3) is 5.91 Å². The minimum absolute atomic E-state index is 0.166. The average molecular weight is 520 g/mol. The number of guanidine groups is 1. The summed E-state index contributed by atoms with van der Waals surface area (Å²) in [6, 6.07) is 8.15. The highest BCUT2D eigenvalue weighted by Crippen LogP contribution is 2.17. The van der Waals surface area contributed by atoms with Crippen LogP contribution in [0.4, 0.5) is 17.3 Å². The molecule has 0 bridgehead atoms. The maximum absolute atomic E-state index is 12.1. The second-order valence-electron chi connectivity index (χ2n) is 6.39. The van der Waals surface area contributed by atoms with Gasteiger partial charge in [0, 0.05) is 18.8 Å². The molecule has 1 aromatic heterocycles. The molecular formula is C16H22ClN9O5S2. The van der Waals surface area contributed by atoms with Gasteiger partial charge in [0.2, 0.25) is 20.0 Å². The maximum Gasteiger partial charge on any atom is 0.280 e. The van der Waals surface area contributed by atoms with E-state index >= 15 is 0 Å². The second-order valence-corrected chi connectivity index (χ2v) is 10.5. The number of rotatable bonds is 10. The summed E-state index contributed by atoms with van der Waals surface area (Å²) in [6.45, 7) is -0.609. The van der Waals surface area contributed by atoms with Crippen LogP contribution in [-0.2, 0) is 20.0 Å². The summed E-state index contributed by atoms with van der Waals surface area (Å²) >= 11 is 5.69. The lowest BCUT2D eigenvalue weighted by Gasteiger charge is -2.11. The molecule has 0 aliphatic carbocycles. The third kappa shape index (κ3) is 8.68. The number of nitrogens with one attached hydrogen (secondary N) is 5. The molecule has 180 valence electrons. The number of anilines is 3. The minimum Gasteiger partial charge on any atom is -0.382 e. The highest BCUT2D eigenvalue weighted by molar-refractivity contribution is 7.92. The van der Waals surface area contributed by atoms with Crippen molar-refractivity contribution in [1.82, 2.24) is 25.3 Å². The first-order chi connectivity index (χ1) is 15.4. The summed E-state index contributed by atoms with van der Waals surface area (Å²) < 4.78 is 52.6. The summed E-state index contributed by atoms with van der Waals surface area (Å²) in [5.74, 6) is -2.87. The van der Waals surface area contributed by atoms with Crippen molar-refractivity contribution in [2.24, 2.45) is 0 Å². The first-order valence-corrected chi connectivity index (χ1v) is 12.8. The number of hydrogen-bond donors (Lipinski definition) is 7. The molecule has 2 aromatic rings. The number of halogens is 1. The van der Waals surface area contributed by atoms with Crippen LogP contribution in [0.1, 0.15) is 10.5 Å². The van der Waals surface area contributed by atoms with Gasteiger partial charge >= 0.3 is 0 Å². The van der Waals surface area contributed by atoms with Crippen molar-refractivity contribution in [3.63, 3.8) is 0 Å². The number of nitrogens with zero attached hydrogens (tertiary/aromatic N) is 2. The van der Waals surface area contributed by atoms with E-state index in [-0.39, 0.29) is 35.6 Å². The number of hydrogen-bond acceptors (Lipinski definition) is 10. The first kappa shape index (κ1) is 26.0. The summed E-state index contributed by atoms with van der Waals surface area (Å²) in [7, 11) is -7.61. The molecule has 0 radical (unpaired) electrons. The number of carbonyl (C=O) groups excluding carboxylic acids is 1. The number of nitrogens with two attached hydrogens (primary N) is 2. The van der Waals surface area contributed by atoms with Crippen molar-refractivity contribution < 1.29 is 21.6 Å². The predicted octanol–water partition coefficient (Wildman–Crippen LogP) is -1.09. The Morgan fingerprint density at radius 3 is 2.27 bits per heavy atom. The molecule has 0 unspecified atom stereocenters. The van der Waals surface area contributed by atoms with Gasteiger partial charge in [-0.05, 0) is 12.1 Å². The Kier molecular flexibility index (Phi) is 8.75. The standard InChI is InChI=1S/C16H22ClN9O5S2/c17-12-14(19)24-13(18)11(23-12)15(27)25-16(20)21-6-8-32(28,29)22-7-9-33(30,31)26-10-4-2-1-3-5-10/h1-5,22,26H,6-9H2,(H4,18,19,24)(H3,20,21,25,27). The number of sulfonamides is 2. The van der Waals surface area contributed by atoms with Gasteiger partial charge in [0.05, 0.1) is 11.5 Å². The summed E-state index contributed by atoms with van der Waals surface area (Å²) in [6.07, 6.45) is 0. The van der Waals surface area contributed by atoms with Crippen LogP contribution in [0.2, 0.25) is 5.15 Å². The molecule has 9 N–H and O–H groups in total. The van der Waals surface area contributed by atoms with Crippen LogP contribution in [0.3, 0.4) is 0 Å². The number of amides is 1. The smallest absolute Gasteiger partial charge is 0.280 e. The SMILES string of the molecule is N=C(NCCS(=O)(=O)NCCS(=O)(=O)Nc1ccccc1)NC(=O)c1nc(Cl)c(N)nc1N. The number of carbonyl (C=O) groups is 1. The Balaban J connectivity index is 1.76. The summed E-state index contributed by atoms with van der Waals surface area (Å²) in [5, 5.41) is 11.9. The highest BCUT2D eigenvalue weighted by atomic mass is 35.5. The molecule has 0 spiro atoms. The van der Waals surface area contributed by atoms with Crippen LogP contribution in [0.5, 0.6) is 0 Å². The molecule has 0 saturated carbocycles. The van der Waals surface area contributed by atoms with E-state index < -0.39 is 43.4 Å². The van der Waals surface area contributed by atoms with Crippen LogP contribution in [0.25, 0.3) is 0 Å². The van der Waals surface area contributed by atoms with Gasteiger partial charge in [0.15, 0.2) is 28.4 Å². The van der Waals surface area contributed by atoms with E-state index in [1.54, 1.807) is 30.3 Å². The minimum atomic E-state index is -3.86. The predicted molar refractivity (Wildman–Crippen MR) is 125 cm³/mol. The first-order valence-electron chi connectivity index (χ1n) is 9.13. The van der Waals surface area contributed by atoms with E-state index in [0.717, 1.165) is 0 Å².